The van der Waals surface area contributed by atoms with Gasteiger partial charge in [-0.15, -0.1) is 0 Å². The van der Waals surface area contributed by atoms with Crippen molar-refractivity contribution in [1.29, 1.82) is 0 Å². The number of hydrogen-bond acceptors (Lipinski definition) is 3. The zero-order valence-corrected chi connectivity index (χ0v) is 15.7. The van der Waals surface area contributed by atoms with Gasteiger partial charge < -0.3 is 9.88 Å². The molecule has 1 amide bonds. The van der Waals surface area contributed by atoms with Gasteiger partial charge in [0.2, 0.25) is 5.91 Å². The van der Waals surface area contributed by atoms with Gasteiger partial charge in [0.05, 0.1) is 5.75 Å². The Morgan fingerprint density at radius 2 is 1.88 bits per heavy atom. The zero-order chi connectivity index (χ0) is 18.2. The molecule has 0 radical (unpaired) electrons. The van der Waals surface area contributed by atoms with Crippen molar-refractivity contribution in [2.75, 3.05) is 11.1 Å². The van der Waals surface area contributed by atoms with Crippen molar-refractivity contribution in [2.45, 2.75) is 31.5 Å². The molecule has 2 aromatic carbocycles. The van der Waals surface area contributed by atoms with Crippen LogP contribution in [0.4, 0.5) is 5.69 Å². The van der Waals surface area contributed by atoms with E-state index in [9.17, 15) is 4.79 Å². The van der Waals surface area contributed by atoms with E-state index in [2.05, 4.69) is 40.0 Å². The van der Waals surface area contributed by atoms with Crippen LogP contribution in [0.15, 0.2) is 72.1 Å². The first-order valence-electron chi connectivity index (χ1n) is 8.82. The minimum absolute atomic E-state index is 0.0124. The average Bonchev–Trinajstić information content (AvgIpc) is 3.10. The minimum Gasteiger partial charge on any atom is -0.326 e. The summed E-state index contributed by atoms with van der Waals surface area (Å²) in [6.07, 6.45) is 5.58. The van der Waals surface area contributed by atoms with Gasteiger partial charge >= 0.3 is 0 Å². The van der Waals surface area contributed by atoms with Gasteiger partial charge in [-0.3, -0.25) is 4.79 Å². The van der Waals surface area contributed by atoms with E-state index in [0.29, 0.717) is 5.75 Å². The Morgan fingerprint density at radius 1 is 1.12 bits per heavy atom. The molecule has 4 nitrogen and oxygen atoms in total. The number of nitrogens with one attached hydrogen (secondary N) is 1. The van der Waals surface area contributed by atoms with E-state index in [-0.39, 0.29) is 5.91 Å². The number of nitrogens with zero attached hydrogens (tertiary/aromatic N) is 2. The summed E-state index contributed by atoms with van der Waals surface area (Å²) >= 11 is 1.47. The third-order valence-corrected chi connectivity index (χ3v) is 5.01. The molecule has 0 aliphatic carbocycles. The van der Waals surface area contributed by atoms with Crippen molar-refractivity contribution in [2.24, 2.45) is 0 Å². The largest absolute Gasteiger partial charge is 0.326 e. The number of para-hydroxylation sites is 1. The van der Waals surface area contributed by atoms with Crippen LogP contribution in [0.5, 0.6) is 0 Å². The summed E-state index contributed by atoms with van der Waals surface area (Å²) in [5, 5.41) is 3.94. The quantitative estimate of drug-likeness (QED) is 0.593. The van der Waals surface area contributed by atoms with Gasteiger partial charge in [-0.2, -0.15) is 0 Å². The van der Waals surface area contributed by atoms with Crippen molar-refractivity contribution in [1.82, 2.24) is 9.55 Å². The molecule has 0 spiro atoms. The third-order valence-electron chi connectivity index (χ3n) is 4.00. The minimum atomic E-state index is -0.0124. The molecule has 0 atom stereocenters. The van der Waals surface area contributed by atoms with Crippen LogP contribution in [-0.2, 0) is 17.8 Å². The number of rotatable bonds is 8. The van der Waals surface area contributed by atoms with Crippen LogP contribution >= 0.6 is 11.8 Å². The molecule has 0 unspecified atom stereocenters. The van der Waals surface area contributed by atoms with Crippen LogP contribution in [0.25, 0.3) is 0 Å². The van der Waals surface area contributed by atoms with Crippen LogP contribution in [-0.4, -0.2) is 21.2 Å². The first kappa shape index (κ1) is 18.3. The Hall–Kier alpha value is -2.53. The number of anilines is 1. The van der Waals surface area contributed by atoms with Gasteiger partial charge in [0, 0.05) is 24.6 Å². The van der Waals surface area contributed by atoms with Crippen LogP contribution in [0, 0.1) is 0 Å². The third kappa shape index (κ3) is 4.99. The fraction of sp³-hybridized carbons (Fsp3) is 0.238. The fourth-order valence-electron chi connectivity index (χ4n) is 2.78. The molecule has 0 aliphatic rings. The summed E-state index contributed by atoms with van der Waals surface area (Å²) in [6, 6.07) is 18.2. The number of hydrogen-bond donors (Lipinski definition) is 1. The molecule has 0 aliphatic heterocycles. The second kappa shape index (κ2) is 9.25. The summed E-state index contributed by atoms with van der Waals surface area (Å²) in [7, 11) is 0. The number of aryl methyl sites for hydroxylation is 1. The fourth-order valence-corrected chi connectivity index (χ4v) is 3.56. The first-order valence-corrected chi connectivity index (χ1v) is 9.80. The lowest BCUT2D eigenvalue weighted by Crippen LogP contribution is -2.16. The summed E-state index contributed by atoms with van der Waals surface area (Å²) in [4.78, 5) is 16.7. The Labute approximate surface area is 158 Å². The number of thioether (sulfide) groups is 1. The maximum absolute atomic E-state index is 12.4. The highest BCUT2D eigenvalue weighted by Gasteiger charge is 2.10. The number of carbonyl (C=O) groups excluding carboxylic acids is 1. The maximum Gasteiger partial charge on any atom is 0.234 e. The molecule has 0 bridgehead atoms. The number of aromatic nitrogens is 2. The first-order chi connectivity index (χ1) is 12.8. The van der Waals surface area contributed by atoms with Crippen molar-refractivity contribution >= 4 is 23.4 Å². The average molecular weight is 366 g/mol. The molecule has 0 fully saturated rings. The zero-order valence-electron chi connectivity index (χ0n) is 14.9. The second-order valence-corrected chi connectivity index (χ2v) is 7.00. The molecule has 3 rings (SSSR count). The standard InChI is InChI=1S/C21H23N3OS/c1-2-13-24-14-12-22-21(24)26-16-20(25)23-19-11-7-6-10-18(19)15-17-8-4-3-5-9-17/h3-12,14H,2,13,15-16H2,1H3,(H,23,25). The maximum atomic E-state index is 12.4. The Balaban J connectivity index is 1.61. The van der Waals surface area contributed by atoms with Gasteiger partial charge in [0.1, 0.15) is 0 Å². The van der Waals surface area contributed by atoms with Crippen molar-refractivity contribution in [3.05, 3.63) is 78.1 Å². The van der Waals surface area contributed by atoms with Crippen molar-refractivity contribution in [3.63, 3.8) is 0 Å². The predicted octanol–water partition coefficient (Wildman–Crippen LogP) is 4.61. The van der Waals surface area contributed by atoms with Gasteiger partial charge in [-0.05, 0) is 30.0 Å². The molecule has 26 heavy (non-hydrogen) atoms. The summed E-state index contributed by atoms with van der Waals surface area (Å²) < 4.78 is 2.08. The van der Waals surface area contributed by atoms with E-state index in [1.807, 2.05) is 42.6 Å². The number of benzene rings is 2. The molecular formula is C21H23N3OS. The Kier molecular flexibility index (Phi) is 6.50. The van der Waals surface area contributed by atoms with Gasteiger partial charge in [-0.1, -0.05) is 67.2 Å². The monoisotopic (exact) mass is 365 g/mol. The van der Waals surface area contributed by atoms with Gasteiger partial charge in [-0.25, -0.2) is 4.98 Å². The lowest BCUT2D eigenvalue weighted by molar-refractivity contribution is -0.113. The second-order valence-electron chi connectivity index (χ2n) is 6.06. The SMILES string of the molecule is CCCn1ccnc1SCC(=O)Nc1ccccc1Cc1ccccc1. The van der Waals surface area contributed by atoms with E-state index in [0.717, 1.165) is 35.8 Å². The smallest absolute Gasteiger partial charge is 0.234 e. The van der Waals surface area contributed by atoms with Crippen molar-refractivity contribution in [3.8, 4) is 0 Å². The molecule has 1 N–H and O–H groups in total. The molecule has 134 valence electrons. The lowest BCUT2D eigenvalue weighted by Gasteiger charge is -2.11. The normalized spacial score (nSPS) is 10.7. The van der Waals surface area contributed by atoms with E-state index >= 15 is 0 Å². The van der Waals surface area contributed by atoms with E-state index in [1.54, 1.807) is 6.20 Å². The van der Waals surface area contributed by atoms with E-state index in [1.165, 1.54) is 17.3 Å². The predicted molar refractivity (Wildman–Crippen MR) is 108 cm³/mol. The summed E-state index contributed by atoms with van der Waals surface area (Å²) in [6.45, 7) is 3.05. The van der Waals surface area contributed by atoms with Crippen LogP contribution in [0.3, 0.4) is 0 Å². The molecule has 1 heterocycles. The van der Waals surface area contributed by atoms with Crippen LogP contribution in [0.2, 0.25) is 0 Å². The van der Waals surface area contributed by atoms with E-state index in [4.69, 9.17) is 0 Å². The topological polar surface area (TPSA) is 46.9 Å². The number of imidazole rings is 1. The summed E-state index contributed by atoms with van der Waals surface area (Å²) in [5.74, 6) is 0.335. The van der Waals surface area contributed by atoms with Crippen LogP contribution < -0.4 is 5.32 Å². The highest BCUT2D eigenvalue weighted by Crippen LogP contribution is 2.21. The highest BCUT2D eigenvalue weighted by molar-refractivity contribution is 7.99. The highest BCUT2D eigenvalue weighted by atomic mass is 32.2. The summed E-state index contributed by atoms with van der Waals surface area (Å²) in [5.41, 5.74) is 3.22. The van der Waals surface area contributed by atoms with Gasteiger partial charge in [0.15, 0.2) is 5.16 Å². The molecule has 3 aromatic rings. The number of amides is 1. The number of carbonyl (C=O) groups is 1. The van der Waals surface area contributed by atoms with Crippen LogP contribution in [0.1, 0.15) is 24.5 Å². The molecule has 5 heteroatoms. The lowest BCUT2D eigenvalue weighted by atomic mass is 10.0. The van der Waals surface area contributed by atoms with Gasteiger partial charge in [0.25, 0.3) is 0 Å². The van der Waals surface area contributed by atoms with Crippen molar-refractivity contribution < 1.29 is 4.79 Å². The Bertz CT molecular complexity index is 845. The molecule has 0 saturated heterocycles. The molecule has 0 saturated carbocycles. The van der Waals surface area contributed by atoms with E-state index < -0.39 is 0 Å². The molecular weight excluding hydrogens is 342 g/mol. The molecule has 1 aromatic heterocycles. The Morgan fingerprint density at radius 3 is 2.69 bits per heavy atom.